The number of nitrogens with zero attached hydrogens (tertiary/aromatic N) is 2. The highest BCUT2D eigenvalue weighted by Crippen LogP contribution is 2.35. The molecule has 1 fully saturated rings. The summed E-state index contributed by atoms with van der Waals surface area (Å²) in [5.41, 5.74) is 2.47. The van der Waals surface area contributed by atoms with Crippen LogP contribution in [0.1, 0.15) is 73.4 Å². The fourth-order valence-electron chi connectivity index (χ4n) is 3.94. The van der Waals surface area contributed by atoms with Crippen molar-refractivity contribution in [2.24, 2.45) is 5.41 Å². The third-order valence-corrected chi connectivity index (χ3v) is 5.44. The van der Waals surface area contributed by atoms with E-state index in [-0.39, 0.29) is 17.5 Å². The van der Waals surface area contributed by atoms with Gasteiger partial charge in [-0.25, -0.2) is 4.79 Å². The first-order valence-corrected chi connectivity index (χ1v) is 10.4. The number of hydrogen-bond donors (Lipinski definition) is 1. The zero-order valence-electron chi connectivity index (χ0n) is 17.5. The Hall–Kier alpha value is -2.69. The molecule has 1 saturated heterocycles. The van der Waals surface area contributed by atoms with Crippen molar-refractivity contribution in [2.75, 3.05) is 6.54 Å². The summed E-state index contributed by atoms with van der Waals surface area (Å²) in [5.74, 6) is -0.831. The number of carboxylic acid groups (broad SMARTS) is 1. The molecule has 1 aromatic carbocycles. The Labute approximate surface area is 172 Å². The van der Waals surface area contributed by atoms with Gasteiger partial charge in [0.15, 0.2) is 0 Å². The van der Waals surface area contributed by atoms with Crippen molar-refractivity contribution in [3.8, 4) is 0 Å². The quantitative estimate of drug-likeness (QED) is 0.773. The summed E-state index contributed by atoms with van der Waals surface area (Å²) >= 11 is 0. The number of rotatable bonds is 6. The summed E-state index contributed by atoms with van der Waals surface area (Å²) in [6.07, 6.45) is 4.12. The summed E-state index contributed by atoms with van der Waals surface area (Å²) in [5, 5.41) is 9.58. The van der Waals surface area contributed by atoms with Crippen LogP contribution >= 0.6 is 0 Å². The van der Waals surface area contributed by atoms with Crippen molar-refractivity contribution in [3.05, 3.63) is 65.0 Å². The molecule has 1 unspecified atom stereocenters. The Balaban J connectivity index is 1.80. The van der Waals surface area contributed by atoms with Crippen LogP contribution in [0.3, 0.4) is 0 Å². The maximum atomic E-state index is 12.8. The van der Waals surface area contributed by atoms with Gasteiger partial charge in [0.05, 0.1) is 23.0 Å². The van der Waals surface area contributed by atoms with Gasteiger partial charge in [-0.2, -0.15) is 0 Å². The van der Waals surface area contributed by atoms with Crippen molar-refractivity contribution in [1.82, 2.24) is 9.88 Å². The molecule has 29 heavy (non-hydrogen) atoms. The van der Waals surface area contributed by atoms with E-state index in [1.54, 1.807) is 12.1 Å². The monoisotopic (exact) mass is 394 g/mol. The lowest BCUT2D eigenvalue weighted by Crippen LogP contribution is -2.39. The molecule has 2 aromatic rings. The largest absolute Gasteiger partial charge is 0.478 e. The molecule has 0 aliphatic carbocycles. The molecule has 2 heterocycles. The molecule has 0 spiro atoms. The molecule has 1 atom stereocenters. The van der Waals surface area contributed by atoms with E-state index in [1.807, 2.05) is 43.9 Å². The van der Waals surface area contributed by atoms with Crippen LogP contribution in [0.25, 0.3) is 0 Å². The molecule has 0 bridgehead atoms. The van der Waals surface area contributed by atoms with Crippen molar-refractivity contribution in [3.63, 3.8) is 0 Å². The highest BCUT2D eigenvalue weighted by molar-refractivity contribution is 5.89. The van der Waals surface area contributed by atoms with Gasteiger partial charge in [0.2, 0.25) is 5.91 Å². The van der Waals surface area contributed by atoms with E-state index < -0.39 is 11.4 Å². The molecule has 1 N–H and O–H groups in total. The number of hydrogen-bond acceptors (Lipinski definition) is 3. The maximum Gasteiger partial charge on any atom is 0.337 e. The number of benzene rings is 1. The molecule has 1 aliphatic heterocycles. The van der Waals surface area contributed by atoms with Gasteiger partial charge < -0.3 is 10.0 Å². The first-order valence-electron chi connectivity index (χ1n) is 10.4. The van der Waals surface area contributed by atoms with Crippen molar-refractivity contribution < 1.29 is 14.7 Å². The van der Waals surface area contributed by atoms with E-state index in [1.165, 1.54) is 5.56 Å². The lowest BCUT2D eigenvalue weighted by Gasteiger charge is -2.31. The molecule has 1 amide bonds. The number of amides is 1. The molecule has 3 rings (SSSR count). The molecular formula is C24H30N2O3. The average Bonchev–Trinajstić information content (AvgIpc) is 3.17. The fourth-order valence-corrected chi connectivity index (χ4v) is 3.94. The Morgan fingerprint density at radius 3 is 2.48 bits per heavy atom. The second-order valence-electron chi connectivity index (χ2n) is 8.78. The van der Waals surface area contributed by atoms with Crippen molar-refractivity contribution in [2.45, 2.75) is 58.9 Å². The number of aromatic carboxylic acids is 1. The third-order valence-electron chi connectivity index (χ3n) is 5.44. The minimum atomic E-state index is -0.951. The number of likely N-dealkylation sites (tertiary alicyclic amines) is 1. The van der Waals surface area contributed by atoms with Gasteiger partial charge in [-0.1, -0.05) is 51.1 Å². The van der Waals surface area contributed by atoms with E-state index in [9.17, 15) is 14.7 Å². The normalized spacial score (nSPS) is 16.8. The zero-order chi connectivity index (χ0) is 21.0. The van der Waals surface area contributed by atoms with Gasteiger partial charge in [0.25, 0.3) is 0 Å². The van der Waals surface area contributed by atoms with Crippen LogP contribution < -0.4 is 0 Å². The molecular weight excluding hydrogens is 364 g/mol. The number of aryl methyl sites for hydroxylation is 2. The van der Waals surface area contributed by atoms with Gasteiger partial charge in [-0.15, -0.1) is 0 Å². The lowest BCUT2D eigenvalue weighted by molar-refractivity contribution is -0.140. The van der Waals surface area contributed by atoms with E-state index in [0.29, 0.717) is 12.1 Å². The van der Waals surface area contributed by atoms with E-state index >= 15 is 0 Å². The highest BCUT2D eigenvalue weighted by atomic mass is 16.4. The van der Waals surface area contributed by atoms with Crippen LogP contribution in [0.4, 0.5) is 0 Å². The van der Waals surface area contributed by atoms with Crippen LogP contribution in [-0.4, -0.2) is 33.4 Å². The van der Waals surface area contributed by atoms with Crippen molar-refractivity contribution in [1.29, 1.82) is 0 Å². The van der Waals surface area contributed by atoms with E-state index in [0.717, 1.165) is 37.9 Å². The molecule has 5 heteroatoms. The predicted octanol–water partition coefficient (Wildman–Crippen LogP) is 4.66. The number of aromatic nitrogens is 1. The lowest BCUT2D eigenvalue weighted by atomic mass is 9.94. The zero-order valence-corrected chi connectivity index (χ0v) is 17.5. The molecule has 5 nitrogen and oxygen atoms in total. The van der Waals surface area contributed by atoms with Gasteiger partial charge in [0, 0.05) is 12.0 Å². The topological polar surface area (TPSA) is 70.5 Å². The maximum absolute atomic E-state index is 12.8. The number of carbonyl (C=O) groups excluding carboxylic acids is 1. The summed E-state index contributed by atoms with van der Waals surface area (Å²) in [7, 11) is 0. The van der Waals surface area contributed by atoms with Crippen LogP contribution in [-0.2, 0) is 17.6 Å². The molecule has 0 saturated carbocycles. The van der Waals surface area contributed by atoms with Gasteiger partial charge in [0.1, 0.15) is 0 Å². The Bertz CT molecular complexity index is 871. The average molecular weight is 395 g/mol. The smallest absolute Gasteiger partial charge is 0.337 e. The molecule has 1 aromatic heterocycles. The first-order chi connectivity index (χ1) is 13.8. The van der Waals surface area contributed by atoms with E-state index in [4.69, 9.17) is 4.98 Å². The molecule has 1 aliphatic rings. The minimum Gasteiger partial charge on any atom is -0.478 e. The number of carbonyl (C=O) groups is 2. The first kappa shape index (κ1) is 21.0. The SMILES string of the molecule is CC(C)(C)C(=O)N1CCCC1c1ccc(C(=O)O)c(CCCc2ccccc2)n1. The summed E-state index contributed by atoms with van der Waals surface area (Å²) < 4.78 is 0. The summed E-state index contributed by atoms with van der Waals surface area (Å²) in [6, 6.07) is 13.5. The van der Waals surface area contributed by atoms with Crippen LogP contribution in [0.2, 0.25) is 0 Å². The van der Waals surface area contributed by atoms with Crippen LogP contribution in [0.15, 0.2) is 42.5 Å². The number of pyridine rings is 1. The summed E-state index contributed by atoms with van der Waals surface area (Å²) in [6.45, 7) is 6.52. The Morgan fingerprint density at radius 1 is 1.10 bits per heavy atom. The standard InChI is InChI=1S/C24H30N2O3/c1-24(2,3)23(29)26-16-8-13-21(26)20-15-14-18(22(27)28)19(25-20)12-7-11-17-9-5-4-6-10-17/h4-6,9-10,14-15,21H,7-8,11-13,16H2,1-3H3,(H,27,28). The van der Waals surface area contributed by atoms with Gasteiger partial charge in [-0.3, -0.25) is 9.78 Å². The molecule has 154 valence electrons. The number of carboxylic acids is 1. The fraction of sp³-hybridized carbons (Fsp3) is 0.458. The van der Waals surface area contributed by atoms with Gasteiger partial charge >= 0.3 is 5.97 Å². The molecule has 0 radical (unpaired) electrons. The van der Waals surface area contributed by atoms with Gasteiger partial charge in [-0.05, 0) is 49.8 Å². The Kier molecular flexibility index (Phi) is 6.36. The summed E-state index contributed by atoms with van der Waals surface area (Å²) in [4.78, 5) is 31.2. The predicted molar refractivity (Wildman–Crippen MR) is 113 cm³/mol. The van der Waals surface area contributed by atoms with Crippen molar-refractivity contribution >= 4 is 11.9 Å². The second kappa shape index (κ2) is 8.76. The van der Waals surface area contributed by atoms with Crippen LogP contribution in [0.5, 0.6) is 0 Å². The Morgan fingerprint density at radius 2 is 1.83 bits per heavy atom. The van der Waals surface area contributed by atoms with Crippen LogP contribution in [0, 0.1) is 5.41 Å². The van der Waals surface area contributed by atoms with E-state index in [2.05, 4.69) is 12.1 Å². The second-order valence-corrected chi connectivity index (χ2v) is 8.78. The highest BCUT2D eigenvalue weighted by Gasteiger charge is 2.36. The third kappa shape index (κ3) is 5.03. The minimum absolute atomic E-state index is 0.0718.